The van der Waals surface area contributed by atoms with Crippen molar-refractivity contribution in [1.82, 2.24) is 0 Å². The predicted molar refractivity (Wildman–Crippen MR) is 64.5 cm³/mol. The van der Waals surface area contributed by atoms with E-state index in [2.05, 4.69) is 6.07 Å². The molecule has 0 bridgehead atoms. The zero-order valence-corrected chi connectivity index (χ0v) is 9.94. The van der Waals surface area contributed by atoms with E-state index in [9.17, 15) is 0 Å². The van der Waals surface area contributed by atoms with Gasteiger partial charge in [0.15, 0.2) is 0 Å². The Labute approximate surface area is 95.9 Å². The molecule has 0 atom stereocenters. The fourth-order valence-corrected chi connectivity index (χ4v) is 1.60. The van der Waals surface area contributed by atoms with E-state index >= 15 is 0 Å². The van der Waals surface area contributed by atoms with Gasteiger partial charge in [0.1, 0.15) is 12.1 Å². The Balaban J connectivity index is 3.60. The van der Waals surface area contributed by atoms with Gasteiger partial charge in [0, 0.05) is 28.2 Å². The number of benzene rings is 1. The number of nitrogens with zero attached hydrogens (tertiary/aromatic N) is 4. The van der Waals surface area contributed by atoms with Crippen LogP contribution in [0.4, 0.5) is 11.4 Å². The van der Waals surface area contributed by atoms with Crippen LogP contribution in [-0.4, -0.2) is 28.2 Å². The van der Waals surface area contributed by atoms with Crippen molar-refractivity contribution in [3.8, 4) is 12.1 Å². The Bertz CT molecular complexity index is 475. The molecule has 0 radical (unpaired) electrons. The van der Waals surface area contributed by atoms with E-state index in [1.807, 2.05) is 50.1 Å². The summed E-state index contributed by atoms with van der Waals surface area (Å²) >= 11 is 0. The molecule has 0 aliphatic rings. The summed E-state index contributed by atoms with van der Waals surface area (Å²) in [5.41, 5.74) is 2.56. The molecule has 0 N–H and O–H groups in total. The van der Waals surface area contributed by atoms with E-state index < -0.39 is 0 Å². The summed E-state index contributed by atoms with van der Waals surface area (Å²) in [7, 11) is 7.56. The summed E-state index contributed by atoms with van der Waals surface area (Å²) < 4.78 is 0. The second kappa shape index (κ2) is 4.55. The summed E-state index contributed by atoms with van der Waals surface area (Å²) in [4.78, 5) is 3.78. The van der Waals surface area contributed by atoms with Crippen molar-refractivity contribution in [2.75, 3.05) is 38.0 Å². The Hall–Kier alpha value is -2.20. The third kappa shape index (κ3) is 1.92. The first-order chi connectivity index (χ1) is 7.52. The first-order valence-corrected chi connectivity index (χ1v) is 4.84. The van der Waals surface area contributed by atoms with Crippen LogP contribution in [0.25, 0.3) is 0 Å². The quantitative estimate of drug-likeness (QED) is 0.749. The highest BCUT2D eigenvalue weighted by Gasteiger charge is 2.15. The lowest BCUT2D eigenvalue weighted by Crippen LogP contribution is -2.18. The molecule has 1 aromatic carbocycles. The van der Waals surface area contributed by atoms with Gasteiger partial charge in [0.2, 0.25) is 0 Å². The first kappa shape index (κ1) is 11.9. The number of rotatable bonds is 2. The van der Waals surface area contributed by atoms with Crippen LogP contribution in [0.1, 0.15) is 11.1 Å². The van der Waals surface area contributed by atoms with E-state index in [-0.39, 0.29) is 0 Å². The van der Waals surface area contributed by atoms with E-state index in [0.29, 0.717) is 11.1 Å². The van der Waals surface area contributed by atoms with Crippen LogP contribution in [0.3, 0.4) is 0 Å². The molecule has 0 aromatic heterocycles. The predicted octanol–water partition coefficient (Wildman–Crippen LogP) is 1.56. The van der Waals surface area contributed by atoms with Gasteiger partial charge in [0.05, 0.1) is 22.5 Å². The van der Waals surface area contributed by atoms with Crippen molar-refractivity contribution < 1.29 is 0 Å². The number of nitriles is 2. The Kier molecular flexibility index (Phi) is 3.37. The van der Waals surface area contributed by atoms with Crippen LogP contribution in [0.2, 0.25) is 0 Å². The van der Waals surface area contributed by atoms with E-state index in [4.69, 9.17) is 10.5 Å². The summed E-state index contributed by atoms with van der Waals surface area (Å²) in [6.45, 7) is 0. The Morgan fingerprint density at radius 2 is 1.56 bits per heavy atom. The molecule has 4 heteroatoms. The van der Waals surface area contributed by atoms with Crippen LogP contribution in [0.15, 0.2) is 12.1 Å². The minimum atomic E-state index is 0.414. The van der Waals surface area contributed by atoms with Crippen molar-refractivity contribution in [3.05, 3.63) is 23.3 Å². The molecule has 0 saturated heterocycles. The lowest BCUT2D eigenvalue weighted by Gasteiger charge is -2.24. The maximum Gasteiger partial charge on any atom is 0.103 e. The molecule has 0 heterocycles. The van der Waals surface area contributed by atoms with Gasteiger partial charge < -0.3 is 9.80 Å². The fraction of sp³-hybridized carbons (Fsp3) is 0.333. The third-order valence-electron chi connectivity index (χ3n) is 2.32. The molecular formula is C12H14N4. The molecule has 0 aliphatic heterocycles. The van der Waals surface area contributed by atoms with Crippen molar-refractivity contribution in [1.29, 1.82) is 10.5 Å². The fourth-order valence-electron chi connectivity index (χ4n) is 1.60. The lowest BCUT2D eigenvalue weighted by atomic mass is 10.0. The minimum absolute atomic E-state index is 0.414. The number of hydrogen-bond donors (Lipinski definition) is 0. The van der Waals surface area contributed by atoms with Gasteiger partial charge in [-0.2, -0.15) is 10.5 Å². The Morgan fingerprint density at radius 3 is 1.94 bits per heavy atom. The zero-order valence-electron chi connectivity index (χ0n) is 9.94. The molecule has 0 fully saturated rings. The third-order valence-corrected chi connectivity index (χ3v) is 2.32. The van der Waals surface area contributed by atoms with Crippen LogP contribution in [0, 0.1) is 22.7 Å². The second-order valence-corrected chi connectivity index (χ2v) is 3.87. The second-order valence-electron chi connectivity index (χ2n) is 3.87. The van der Waals surface area contributed by atoms with E-state index in [1.54, 1.807) is 6.07 Å². The summed E-state index contributed by atoms with van der Waals surface area (Å²) in [5, 5.41) is 18.1. The highest BCUT2D eigenvalue weighted by atomic mass is 15.1. The van der Waals surface area contributed by atoms with Crippen LogP contribution < -0.4 is 9.80 Å². The van der Waals surface area contributed by atoms with Gasteiger partial charge >= 0.3 is 0 Å². The number of hydrogen-bond acceptors (Lipinski definition) is 4. The monoisotopic (exact) mass is 214 g/mol. The first-order valence-electron chi connectivity index (χ1n) is 4.84. The van der Waals surface area contributed by atoms with Gasteiger partial charge in [-0.1, -0.05) is 0 Å². The van der Waals surface area contributed by atoms with Crippen LogP contribution in [0.5, 0.6) is 0 Å². The van der Waals surface area contributed by atoms with E-state index in [1.165, 1.54) is 0 Å². The van der Waals surface area contributed by atoms with Gasteiger partial charge in [0.25, 0.3) is 0 Å². The van der Waals surface area contributed by atoms with Gasteiger partial charge in [-0.3, -0.25) is 0 Å². The smallest absolute Gasteiger partial charge is 0.103 e. The van der Waals surface area contributed by atoms with Crippen molar-refractivity contribution in [3.63, 3.8) is 0 Å². The van der Waals surface area contributed by atoms with Gasteiger partial charge in [-0.25, -0.2) is 0 Å². The number of anilines is 2. The minimum Gasteiger partial charge on any atom is -0.376 e. The van der Waals surface area contributed by atoms with E-state index in [0.717, 1.165) is 11.4 Å². The highest BCUT2D eigenvalue weighted by Crippen LogP contribution is 2.32. The highest BCUT2D eigenvalue weighted by molar-refractivity contribution is 5.79. The van der Waals surface area contributed by atoms with Crippen LogP contribution in [-0.2, 0) is 0 Å². The van der Waals surface area contributed by atoms with Crippen molar-refractivity contribution in [2.45, 2.75) is 0 Å². The normalized spacial score (nSPS) is 9.12. The SMILES string of the molecule is CN(C)c1ccc(C#N)c(C#N)c1N(C)C. The Morgan fingerprint density at radius 1 is 0.938 bits per heavy atom. The van der Waals surface area contributed by atoms with Crippen LogP contribution >= 0.6 is 0 Å². The molecule has 0 saturated carbocycles. The molecule has 0 aliphatic carbocycles. The topological polar surface area (TPSA) is 54.1 Å². The molecule has 82 valence electrons. The summed E-state index contributed by atoms with van der Waals surface area (Å²) in [5.74, 6) is 0. The average molecular weight is 214 g/mol. The maximum atomic E-state index is 9.14. The molecule has 0 spiro atoms. The standard InChI is InChI=1S/C12H14N4/c1-15(2)11-6-5-9(7-13)10(8-14)12(11)16(3)4/h5-6H,1-4H3. The largest absolute Gasteiger partial charge is 0.376 e. The molecular weight excluding hydrogens is 200 g/mol. The van der Waals surface area contributed by atoms with Crippen molar-refractivity contribution in [2.24, 2.45) is 0 Å². The van der Waals surface area contributed by atoms with Gasteiger partial charge in [-0.15, -0.1) is 0 Å². The lowest BCUT2D eigenvalue weighted by molar-refractivity contribution is 1.07. The molecule has 16 heavy (non-hydrogen) atoms. The maximum absolute atomic E-state index is 9.14. The summed E-state index contributed by atoms with van der Waals surface area (Å²) in [6.07, 6.45) is 0. The summed E-state index contributed by atoms with van der Waals surface area (Å²) in [6, 6.07) is 7.68. The molecule has 0 amide bonds. The molecule has 4 nitrogen and oxygen atoms in total. The van der Waals surface area contributed by atoms with Gasteiger partial charge in [-0.05, 0) is 12.1 Å². The molecule has 1 rings (SSSR count). The average Bonchev–Trinajstić information content (AvgIpc) is 2.26. The zero-order chi connectivity index (χ0) is 12.3. The van der Waals surface area contributed by atoms with Crippen molar-refractivity contribution >= 4 is 11.4 Å². The molecule has 0 unspecified atom stereocenters. The molecule has 1 aromatic rings.